The maximum absolute atomic E-state index is 9.52. The summed E-state index contributed by atoms with van der Waals surface area (Å²) < 4.78 is 6.13. The lowest BCUT2D eigenvalue weighted by molar-refractivity contribution is -0.125. The lowest BCUT2D eigenvalue weighted by atomic mass is 9.72. The maximum Gasteiger partial charge on any atom is 0.0685 e. The number of hydrogen-bond donors (Lipinski definition) is 1. The van der Waals surface area contributed by atoms with Gasteiger partial charge in [0.2, 0.25) is 0 Å². The number of rotatable bonds is 3. The molecule has 2 nitrogen and oxygen atoms in total. The van der Waals surface area contributed by atoms with Crippen molar-refractivity contribution in [2.24, 2.45) is 11.8 Å². The summed E-state index contributed by atoms with van der Waals surface area (Å²) in [5, 5.41) is 9.52. The molecule has 0 bridgehead atoms. The van der Waals surface area contributed by atoms with Crippen molar-refractivity contribution in [1.29, 1.82) is 0 Å². The fourth-order valence-corrected chi connectivity index (χ4v) is 3.83. The first-order chi connectivity index (χ1) is 8.11. The molecule has 2 heteroatoms. The van der Waals surface area contributed by atoms with Crippen LogP contribution in [0.5, 0.6) is 0 Å². The topological polar surface area (TPSA) is 29.5 Å². The number of hydrogen-bond acceptors (Lipinski definition) is 2. The molecule has 2 rings (SSSR count). The largest absolute Gasteiger partial charge is 0.393 e. The van der Waals surface area contributed by atoms with Crippen LogP contribution < -0.4 is 0 Å². The Morgan fingerprint density at radius 1 is 1.24 bits per heavy atom. The first-order valence-corrected chi connectivity index (χ1v) is 7.43. The van der Waals surface area contributed by atoms with Crippen molar-refractivity contribution in [2.75, 3.05) is 6.61 Å². The molecule has 3 unspecified atom stereocenters. The lowest BCUT2D eigenvalue weighted by Gasteiger charge is -2.45. The molecule has 1 aliphatic carbocycles. The molecule has 1 aliphatic heterocycles. The van der Waals surface area contributed by atoms with Gasteiger partial charge in [-0.1, -0.05) is 26.2 Å². The van der Waals surface area contributed by atoms with Gasteiger partial charge in [0.05, 0.1) is 11.7 Å². The van der Waals surface area contributed by atoms with Crippen LogP contribution in [0.2, 0.25) is 0 Å². The standard InChI is InChI=1S/C15H28O2/c1-12(10-13(2)16)14-6-9-17-15(11-14)7-4-3-5-8-15/h12-14,16H,3-11H2,1-2H3. The van der Waals surface area contributed by atoms with E-state index < -0.39 is 0 Å². The van der Waals surface area contributed by atoms with Gasteiger partial charge < -0.3 is 9.84 Å². The van der Waals surface area contributed by atoms with E-state index in [0.717, 1.165) is 18.9 Å². The summed E-state index contributed by atoms with van der Waals surface area (Å²) in [6.45, 7) is 5.15. The Kier molecular flexibility index (Phi) is 4.48. The van der Waals surface area contributed by atoms with Crippen molar-refractivity contribution >= 4 is 0 Å². The summed E-state index contributed by atoms with van der Waals surface area (Å²) in [5.74, 6) is 1.40. The van der Waals surface area contributed by atoms with Gasteiger partial charge in [0.1, 0.15) is 0 Å². The number of aliphatic hydroxyl groups is 1. The van der Waals surface area contributed by atoms with Gasteiger partial charge in [-0.25, -0.2) is 0 Å². The molecule has 0 radical (unpaired) electrons. The van der Waals surface area contributed by atoms with Crippen LogP contribution in [-0.2, 0) is 4.74 Å². The smallest absolute Gasteiger partial charge is 0.0685 e. The van der Waals surface area contributed by atoms with Crippen LogP contribution in [0.3, 0.4) is 0 Å². The third-order valence-electron chi connectivity index (χ3n) is 4.81. The van der Waals surface area contributed by atoms with Gasteiger partial charge in [-0.3, -0.25) is 0 Å². The lowest BCUT2D eigenvalue weighted by Crippen LogP contribution is -2.43. The van der Waals surface area contributed by atoms with E-state index in [9.17, 15) is 5.11 Å². The predicted octanol–water partition coefficient (Wildman–Crippen LogP) is 3.52. The highest BCUT2D eigenvalue weighted by Gasteiger charge is 2.39. The summed E-state index contributed by atoms with van der Waals surface area (Å²) in [6.07, 6.45) is 9.83. The third kappa shape index (κ3) is 3.45. The molecular weight excluding hydrogens is 212 g/mol. The van der Waals surface area contributed by atoms with Crippen molar-refractivity contribution in [2.45, 2.75) is 76.9 Å². The zero-order valence-electron chi connectivity index (χ0n) is 11.5. The van der Waals surface area contributed by atoms with Crippen molar-refractivity contribution in [1.82, 2.24) is 0 Å². The van der Waals surface area contributed by atoms with E-state index in [-0.39, 0.29) is 11.7 Å². The number of ether oxygens (including phenoxy) is 1. The minimum atomic E-state index is -0.157. The second-order valence-corrected chi connectivity index (χ2v) is 6.41. The van der Waals surface area contributed by atoms with Crippen LogP contribution in [0.15, 0.2) is 0 Å². The quantitative estimate of drug-likeness (QED) is 0.818. The van der Waals surface area contributed by atoms with Crippen LogP contribution in [0, 0.1) is 11.8 Å². The molecule has 1 saturated heterocycles. The average Bonchev–Trinajstić information content (AvgIpc) is 2.29. The second-order valence-electron chi connectivity index (χ2n) is 6.41. The Hall–Kier alpha value is -0.0800. The molecule has 0 amide bonds. The predicted molar refractivity (Wildman–Crippen MR) is 70.0 cm³/mol. The summed E-state index contributed by atoms with van der Waals surface area (Å²) >= 11 is 0. The maximum atomic E-state index is 9.52. The normalized spacial score (nSPS) is 32.3. The Morgan fingerprint density at radius 3 is 2.59 bits per heavy atom. The van der Waals surface area contributed by atoms with Crippen molar-refractivity contribution < 1.29 is 9.84 Å². The van der Waals surface area contributed by atoms with E-state index in [2.05, 4.69) is 6.92 Å². The summed E-state index contributed by atoms with van der Waals surface area (Å²) in [5.41, 5.74) is 0.216. The van der Waals surface area contributed by atoms with E-state index >= 15 is 0 Å². The molecule has 1 saturated carbocycles. The Labute approximate surface area is 106 Å². The Morgan fingerprint density at radius 2 is 1.94 bits per heavy atom. The minimum absolute atomic E-state index is 0.157. The SMILES string of the molecule is CC(O)CC(C)C1CCOC2(CCCCC2)C1. The van der Waals surface area contributed by atoms with Gasteiger partial charge in [-0.15, -0.1) is 0 Å². The Balaban J connectivity index is 1.91. The molecular formula is C15H28O2. The van der Waals surface area contributed by atoms with Crippen LogP contribution in [0.4, 0.5) is 0 Å². The third-order valence-corrected chi connectivity index (χ3v) is 4.81. The molecule has 1 N–H and O–H groups in total. The highest BCUT2D eigenvalue weighted by molar-refractivity contribution is 4.90. The van der Waals surface area contributed by atoms with E-state index in [1.54, 1.807) is 0 Å². The number of aliphatic hydroxyl groups excluding tert-OH is 1. The molecule has 2 fully saturated rings. The first kappa shape index (κ1) is 13.4. The van der Waals surface area contributed by atoms with Gasteiger partial charge in [0.25, 0.3) is 0 Å². The molecule has 17 heavy (non-hydrogen) atoms. The monoisotopic (exact) mass is 240 g/mol. The molecule has 0 aromatic heterocycles. The summed E-state index contributed by atoms with van der Waals surface area (Å²) in [4.78, 5) is 0. The molecule has 2 aliphatic rings. The highest BCUT2D eigenvalue weighted by atomic mass is 16.5. The fraction of sp³-hybridized carbons (Fsp3) is 1.00. The fourth-order valence-electron chi connectivity index (χ4n) is 3.83. The molecule has 1 heterocycles. The first-order valence-electron chi connectivity index (χ1n) is 7.43. The van der Waals surface area contributed by atoms with Crippen LogP contribution in [0.25, 0.3) is 0 Å². The van der Waals surface area contributed by atoms with E-state index in [0.29, 0.717) is 5.92 Å². The van der Waals surface area contributed by atoms with Crippen molar-refractivity contribution in [3.8, 4) is 0 Å². The summed E-state index contributed by atoms with van der Waals surface area (Å²) in [7, 11) is 0. The molecule has 0 aromatic rings. The molecule has 3 atom stereocenters. The zero-order valence-corrected chi connectivity index (χ0v) is 11.5. The second kappa shape index (κ2) is 5.71. The van der Waals surface area contributed by atoms with E-state index in [4.69, 9.17) is 4.74 Å². The van der Waals surface area contributed by atoms with Crippen LogP contribution in [0.1, 0.15) is 65.2 Å². The van der Waals surface area contributed by atoms with E-state index in [1.807, 2.05) is 6.92 Å². The van der Waals surface area contributed by atoms with Gasteiger partial charge in [-0.2, -0.15) is 0 Å². The van der Waals surface area contributed by atoms with Gasteiger partial charge in [-0.05, 0) is 50.9 Å². The highest BCUT2D eigenvalue weighted by Crippen LogP contribution is 2.43. The minimum Gasteiger partial charge on any atom is -0.393 e. The van der Waals surface area contributed by atoms with Gasteiger partial charge in [0, 0.05) is 6.61 Å². The summed E-state index contributed by atoms with van der Waals surface area (Å²) in [6, 6.07) is 0. The van der Waals surface area contributed by atoms with Crippen LogP contribution >= 0.6 is 0 Å². The van der Waals surface area contributed by atoms with Crippen LogP contribution in [-0.4, -0.2) is 23.4 Å². The molecule has 100 valence electrons. The van der Waals surface area contributed by atoms with Gasteiger partial charge in [0.15, 0.2) is 0 Å². The molecule has 0 aromatic carbocycles. The zero-order chi connectivity index (χ0) is 12.3. The molecule has 1 spiro atoms. The van der Waals surface area contributed by atoms with Crippen molar-refractivity contribution in [3.05, 3.63) is 0 Å². The van der Waals surface area contributed by atoms with Gasteiger partial charge >= 0.3 is 0 Å². The Bertz CT molecular complexity index is 226. The average molecular weight is 240 g/mol. The van der Waals surface area contributed by atoms with Crippen molar-refractivity contribution in [3.63, 3.8) is 0 Å². The van der Waals surface area contributed by atoms with E-state index in [1.165, 1.54) is 44.9 Å².